The molecule has 0 radical (unpaired) electrons. The molecule has 0 unspecified atom stereocenters. The summed E-state index contributed by atoms with van der Waals surface area (Å²) < 4.78 is 38.0. The van der Waals surface area contributed by atoms with Gasteiger partial charge in [-0.1, -0.05) is 24.3 Å². The fraction of sp³-hybridized carbons (Fsp3) is 0.280. The van der Waals surface area contributed by atoms with Crippen molar-refractivity contribution < 1.29 is 22.4 Å². The quantitative estimate of drug-likeness (QED) is 0.412. The number of furan rings is 1. The lowest BCUT2D eigenvalue weighted by molar-refractivity contribution is -0.115. The zero-order valence-corrected chi connectivity index (χ0v) is 21.0. The van der Waals surface area contributed by atoms with Crippen LogP contribution in [0.1, 0.15) is 16.7 Å². The van der Waals surface area contributed by atoms with Gasteiger partial charge in [0.25, 0.3) is 0 Å². The summed E-state index contributed by atoms with van der Waals surface area (Å²) in [6.07, 6.45) is 1.81. The van der Waals surface area contributed by atoms with Crippen molar-refractivity contribution in [1.82, 2.24) is 9.29 Å². The summed E-state index contributed by atoms with van der Waals surface area (Å²) in [7, 11) is -3.55. The molecule has 3 heterocycles. The van der Waals surface area contributed by atoms with Crippen molar-refractivity contribution in [2.24, 2.45) is 0 Å². The van der Waals surface area contributed by atoms with Gasteiger partial charge in [0, 0.05) is 35.0 Å². The highest BCUT2D eigenvalue weighted by Crippen LogP contribution is 2.29. The lowest BCUT2D eigenvalue weighted by Gasteiger charge is -2.26. The van der Waals surface area contributed by atoms with Crippen molar-refractivity contribution in [3.63, 3.8) is 0 Å². The van der Waals surface area contributed by atoms with Crippen LogP contribution in [0.2, 0.25) is 0 Å². The second-order valence-electron chi connectivity index (χ2n) is 8.45. The number of anilines is 1. The number of aryl methyl sites for hydroxylation is 2. The SMILES string of the molecule is Cc1ccc2c(CC(=O)Nc3nc(-c4ccc(S(=O)(=O)N5CCOCC5)cc4)cs3)coc2c1C. The molecular weight excluding hydrogens is 486 g/mol. The lowest BCUT2D eigenvalue weighted by atomic mass is 10.0. The largest absolute Gasteiger partial charge is 0.464 e. The van der Waals surface area contributed by atoms with E-state index in [0.717, 1.165) is 33.2 Å². The van der Waals surface area contributed by atoms with E-state index >= 15 is 0 Å². The number of aromatic nitrogens is 1. The van der Waals surface area contributed by atoms with Gasteiger partial charge in [-0.2, -0.15) is 4.31 Å². The third-order valence-electron chi connectivity index (χ3n) is 6.20. The summed E-state index contributed by atoms with van der Waals surface area (Å²) in [5, 5.41) is 6.11. The highest BCUT2D eigenvalue weighted by molar-refractivity contribution is 7.89. The second kappa shape index (κ2) is 9.54. The molecule has 0 bridgehead atoms. The first-order valence-corrected chi connectivity index (χ1v) is 13.5. The minimum Gasteiger partial charge on any atom is -0.464 e. The zero-order chi connectivity index (χ0) is 24.6. The Hall–Kier alpha value is -3.05. The minimum atomic E-state index is -3.55. The Morgan fingerprint density at radius 3 is 2.60 bits per heavy atom. The van der Waals surface area contributed by atoms with Gasteiger partial charge in [0.05, 0.1) is 36.5 Å². The van der Waals surface area contributed by atoms with Crippen LogP contribution in [0.3, 0.4) is 0 Å². The van der Waals surface area contributed by atoms with Crippen LogP contribution in [0.15, 0.2) is 57.4 Å². The van der Waals surface area contributed by atoms with E-state index in [1.54, 1.807) is 30.5 Å². The van der Waals surface area contributed by atoms with Crippen LogP contribution in [0, 0.1) is 13.8 Å². The van der Waals surface area contributed by atoms with Crippen LogP contribution >= 0.6 is 11.3 Å². The van der Waals surface area contributed by atoms with Crippen molar-refractivity contribution >= 4 is 43.4 Å². The van der Waals surface area contributed by atoms with E-state index in [4.69, 9.17) is 9.15 Å². The van der Waals surface area contributed by atoms with Crippen LogP contribution in [-0.4, -0.2) is 49.9 Å². The highest BCUT2D eigenvalue weighted by atomic mass is 32.2. The number of carbonyl (C=O) groups excluding carboxylic acids is 1. The number of nitrogens with zero attached hydrogens (tertiary/aromatic N) is 2. The number of carbonyl (C=O) groups is 1. The van der Waals surface area contributed by atoms with Gasteiger partial charge >= 0.3 is 0 Å². The fourth-order valence-electron chi connectivity index (χ4n) is 4.06. The molecule has 10 heteroatoms. The van der Waals surface area contributed by atoms with Crippen LogP contribution in [-0.2, 0) is 26.0 Å². The van der Waals surface area contributed by atoms with Gasteiger partial charge in [-0.3, -0.25) is 4.79 Å². The predicted octanol–water partition coefficient (Wildman–Crippen LogP) is 4.38. The molecule has 182 valence electrons. The molecule has 1 aliphatic rings. The van der Waals surface area contributed by atoms with E-state index in [0.29, 0.717) is 37.1 Å². The van der Waals surface area contributed by atoms with E-state index in [2.05, 4.69) is 10.3 Å². The molecule has 1 N–H and O–H groups in total. The zero-order valence-electron chi connectivity index (χ0n) is 19.4. The molecule has 0 atom stereocenters. The number of hydrogen-bond donors (Lipinski definition) is 1. The molecule has 2 aromatic heterocycles. The van der Waals surface area contributed by atoms with Crippen LogP contribution < -0.4 is 5.32 Å². The summed E-state index contributed by atoms with van der Waals surface area (Å²) in [5.74, 6) is -0.182. The van der Waals surface area contributed by atoms with Crippen LogP contribution in [0.4, 0.5) is 5.13 Å². The molecule has 0 saturated carbocycles. The maximum absolute atomic E-state index is 12.8. The van der Waals surface area contributed by atoms with E-state index in [1.165, 1.54) is 15.6 Å². The molecule has 0 aliphatic carbocycles. The van der Waals surface area contributed by atoms with Crippen LogP contribution in [0.25, 0.3) is 22.2 Å². The summed E-state index contributed by atoms with van der Waals surface area (Å²) in [6, 6.07) is 10.6. The van der Waals surface area contributed by atoms with E-state index < -0.39 is 10.0 Å². The molecule has 1 saturated heterocycles. The number of rotatable bonds is 6. The van der Waals surface area contributed by atoms with E-state index in [1.807, 2.05) is 31.4 Å². The molecule has 1 aliphatic heterocycles. The molecule has 8 nitrogen and oxygen atoms in total. The molecular formula is C25H25N3O5S2. The number of hydrogen-bond acceptors (Lipinski definition) is 7. The normalized spacial score (nSPS) is 14.9. The number of fused-ring (bicyclic) bond motifs is 1. The van der Waals surface area contributed by atoms with Gasteiger partial charge in [0.2, 0.25) is 15.9 Å². The predicted molar refractivity (Wildman–Crippen MR) is 135 cm³/mol. The maximum Gasteiger partial charge on any atom is 0.243 e. The Bertz CT molecular complexity index is 1480. The van der Waals surface area contributed by atoms with Crippen molar-refractivity contribution in [1.29, 1.82) is 0 Å². The summed E-state index contributed by atoms with van der Waals surface area (Å²) in [4.78, 5) is 17.4. The first kappa shape index (κ1) is 23.7. The van der Waals surface area contributed by atoms with Gasteiger partial charge in [-0.05, 0) is 37.1 Å². The number of amides is 1. The molecule has 2 aromatic carbocycles. The summed E-state index contributed by atoms with van der Waals surface area (Å²) in [5.41, 5.74) is 5.29. The molecule has 1 fully saturated rings. The maximum atomic E-state index is 12.8. The monoisotopic (exact) mass is 511 g/mol. The average molecular weight is 512 g/mol. The third kappa shape index (κ3) is 4.74. The molecule has 5 rings (SSSR count). The standard InChI is InChI=1S/C25H25N3O5S2/c1-16-3-8-21-19(14-33-24(21)17(16)2)13-23(29)27-25-26-22(15-34-25)18-4-6-20(7-5-18)35(30,31)28-9-11-32-12-10-28/h3-8,14-15H,9-13H2,1-2H3,(H,26,27,29). The van der Waals surface area contributed by atoms with E-state index in [-0.39, 0.29) is 17.2 Å². The number of benzene rings is 2. The summed E-state index contributed by atoms with van der Waals surface area (Å²) in [6.45, 7) is 5.55. The summed E-state index contributed by atoms with van der Waals surface area (Å²) >= 11 is 1.32. The number of sulfonamides is 1. The van der Waals surface area contributed by atoms with Crippen molar-refractivity contribution in [2.75, 3.05) is 31.6 Å². The fourth-order valence-corrected chi connectivity index (χ4v) is 6.20. The first-order chi connectivity index (χ1) is 16.8. The Balaban J connectivity index is 1.26. The van der Waals surface area contributed by atoms with Gasteiger partial charge in [0.15, 0.2) is 5.13 Å². The number of morpholine rings is 1. The smallest absolute Gasteiger partial charge is 0.243 e. The third-order valence-corrected chi connectivity index (χ3v) is 8.87. The second-order valence-corrected chi connectivity index (χ2v) is 11.2. The lowest BCUT2D eigenvalue weighted by Crippen LogP contribution is -2.40. The van der Waals surface area contributed by atoms with Crippen LogP contribution in [0.5, 0.6) is 0 Å². The number of nitrogens with one attached hydrogen (secondary N) is 1. The van der Waals surface area contributed by atoms with Gasteiger partial charge in [-0.15, -0.1) is 11.3 Å². The van der Waals surface area contributed by atoms with Crippen molar-refractivity contribution in [3.05, 3.63) is 64.7 Å². The minimum absolute atomic E-state index is 0.179. The molecule has 1 amide bonds. The van der Waals surface area contributed by atoms with Crippen molar-refractivity contribution in [3.8, 4) is 11.3 Å². The first-order valence-electron chi connectivity index (χ1n) is 11.2. The van der Waals surface area contributed by atoms with Gasteiger partial charge in [-0.25, -0.2) is 13.4 Å². The number of ether oxygens (including phenoxy) is 1. The number of thiazole rings is 1. The Morgan fingerprint density at radius 1 is 1.11 bits per heavy atom. The Morgan fingerprint density at radius 2 is 1.86 bits per heavy atom. The Labute approximate surface area is 207 Å². The van der Waals surface area contributed by atoms with Gasteiger partial charge < -0.3 is 14.5 Å². The topological polar surface area (TPSA) is 102 Å². The van der Waals surface area contributed by atoms with Gasteiger partial charge in [0.1, 0.15) is 5.58 Å². The molecule has 0 spiro atoms. The molecule has 4 aromatic rings. The van der Waals surface area contributed by atoms with E-state index in [9.17, 15) is 13.2 Å². The average Bonchev–Trinajstić information content (AvgIpc) is 3.49. The molecule has 35 heavy (non-hydrogen) atoms. The van der Waals surface area contributed by atoms with Crippen molar-refractivity contribution in [2.45, 2.75) is 25.2 Å². The highest BCUT2D eigenvalue weighted by Gasteiger charge is 2.26. The Kier molecular flexibility index (Phi) is 6.45.